The van der Waals surface area contributed by atoms with Crippen molar-refractivity contribution in [2.75, 3.05) is 32.7 Å². The lowest BCUT2D eigenvalue weighted by Crippen LogP contribution is -2.53. The fourth-order valence-corrected chi connectivity index (χ4v) is 2.57. The van der Waals surface area contributed by atoms with Crippen molar-refractivity contribution in [2.24, 2.45) is 0 Å². The molecule has 0 bridgehead atoms. The summed E-state index contributed by atoms with van der Waals surface area (Å²) in [5.41, 5.74) is 4.34. The summed E-state index contributed by atoms with van der Waals surface area (Å²) >= 11 is 0. The van der Waals surface area contributed by atoms with E-state index in [1.807, 2.05) is 35.3 Å². The number of amides is 1. The molecule has 1 aromatic carbocycles. The Morgan fingerprint density at radius 2 is 1.74 bits per heavy atom. The molecule has 1 amide bonds. The number of aromatic nitrogens is 2. The quantitative estimate of drug-likeness (QED) is 0.925. The van der Waals surface area contributed by atoms with Gasteiger partial charge in [0.1, 0.15) is 0 Å². The van der Waals surface area contributed by atoms with E-state index in [1.165, 1.54) is 0 Å². The maximum atomic E-state index is 12.3. The molecule has 0 aliphatic carbocycles. The Hall–Kier alpha value is -2.31. The molecule has 0 unspecified atom stereocenters. The molecule has 6 heteroatoms. The molecule has 0 atom stereocenters. The normalized spacial score (nSPS) is 16.2. The third-order valence-corrected chi connectivity index (χ3v) is 4.03. The van der Waals surface area contributed by atoms with Gasteiger partial charge in [0.15, 0.2) is 5.82 Å². The highest BCUT2D eigenvalue weighted by molar-refractivity contribution is 5.93. The van der Waals surface area contributed by atoms with Crippen LogP contribution in [-0.2, 0) is 0 Å². The van der Waals surface area contributed by atoms with Crippen LogP contribution < -0.4 is 5.43 Å². The van der Waals surface area contributed by atoms with Gasteiger partial charge in [0.05, 0.1) is 5.56 Å². The predicted molar refractivity (Wildman–Crippen MR) is 88.6 cm³/mol. The summed E-state index contributed by atoms with van der Waals surface area (Å²) in [4.78, 5) is 23.2. The summed E-state index contributed by atoms with van der Waals surface area (Å²) in [6.07, 6.45) is 3.15. The molecule has 1 aliphatic rings. The van der Waals surface area contributed by atoms with Gasteiger partial charge >= 0.3 is 0 Å². The zero-order valence-electron chi connectivity index (χ0n) is 13.3. The molecule has 1 N–H and O–H groups in total. The van der Waals surface area contributed by atoms with Crippen LogP contribution in [0.1, 0.15) is 17.3 Å². The number of rotatable bonds is 4. The molecule has 2 aromatic rings. The maximum absolute atomic E-state index is 12.3. The smallest absolute Gasteiger partial charge is 0.268 e. The Kier molecular flexibility index (Phi) is 4.95. The van der Waals surface area contributed by atoms with E-state index in [2.05, 4.69) is 27.2 Å². The molecule has 120 valence electrons. The van der Waals surface area contributed by atoms with Crippen LogP contribution in [0.15, 0.2) is 42.7 Å². The zero-order valence-corrected chi connectivity index (χ0v) is 13.3. The number of piperazine rings is 1. The summed E-state index contributed by atoms with van der Waals surface area (Å²) < 4.78 is 0. The average molecular weight is 311 g/mol. The number of nitrogens with one attached hydrogen (secondary N) is 1. The third kappa shape index (κ3) is 3.91. The summed E-state index contributed by atoms with van der Waals surface area (Å²) in [5.74, 6) is 0.466. The lowest BCUT2D eigenvalue weighted by atomic mass is 10.2. The van der Waals surface area contributed by atoms with Crippen LogP contribution in [0.5, 0.6) is 0 Å². The van der Waals surface area contributed by atoms with Gasteiger partial charge in [-0.2, -0.15) is 0 Å². The molecular weight excluding hydrogens is 290 g/mol. The first kappa shape index (κ1) is 15.6. The Morgan fingerprint density at radius 3 is 2.35 bits per heavy atom. The second kappa shape index (κ2) is 7.30. The highest BCUT2D eigenvalue weighted by atomic mass is 16.2. The van der Waals surface area contributed by atoms with Gasteiger partial charge < -0.3 is 4.90 Å². The highest BCUT2D eigenvalue weighted by Crippen LogP contribution is 2.13. The molecular formula is C17H21N5O. The van der Waals surface area contributed by atoms with Gasteiger partial charge in [0.2, 0.25) is 0 Å². The van der Waals surface area contributed by atoms with E-state index in [0.717, 1.165) is 38.3 Å². The van der Waals surface area contributed by atoms with E-state index in [-0.39, 0.29) is 5.91 Å². The first-order chi connectivity index (χ1) is 11.3. The van der Waals surface area contributed by atoms with Crippen molar-refractivity contribution in [1.82, 2.24) is 25.3 Å². The van der Waals surface area contributed by atoms with Crippen LogP contribution in [0, 0.1) is 0 Å². The molecule has 3 rings (SSSR count). The lowest BCUT2D eigenvalue weighted by Gasteiger charge is -2.33. The standard InChI is InChI=1S/C17H21N5O/c1-2-21-8-10-22(11-9-21)20-17(23)15-12-18-16(19-13-15)14-6-4-3-5-7-14/h3-7,12-13H,2,8-11H2,1H3,(H,20,23). The van der Waals surface area contributed by atoms with Crippen molar-refractivity contribution in [3.8, 4) is 11.4 Å². The molecule has 1 aromatic heterocycles. The highest BCUT2D eigenvalue weighted by Gasteiger charge is 2.18. The SMILES string of the molecule is CCN1CCN(NC(=O)c2cnc(-c3ccccc3)nc2)CC1. The molecule has 23 heavy (non-hydrogen) atoms. The molecule has 6 nitrogen and oxygen atoms in total. The van der Waals surface area contributed by atoms with Crippen LogP contribution in [-0.4, -0.2) is 58.5 Å². The number of nitrogens with zero attached hydrogens (tertiary/aromatic N) is 4. The molecule has 1 saturated heterocycles. The number of carbonyl (C=O) groups is 1. The summed E-state index contributed by atoms with van der Waals surface area (Å²) in [5, 5.41) is 1.96. The maximum Gasteiger partial charge on any atom is 0.268 e. The Balaban J connectivity index is 1.60. The Bertz CT molecular complexity index is 636. The van der Waals surface area contributed by atoms with Crippen molar-refractivity contribution >= 4 is 5.91 Å². The molecule has 0 spiro atoms. The van der Waals surface area contributed by atoms with Crippen molar-refractivity contribution in [3.63, 3.8) is 0 Å². The Labute approximate surface area is 136 Å². The van der Waals surface area contributed by atoms with Gasteiger partial charge in [0.25, 0.3) is 5.91 Å². The van der Waals surface area contributed by atoms with E-state index in [0.29, 0.717) is 11.4 Å². The van der Waals surface area contributed by atoms with Gasteiger partial charge in [-0.25, -0.2) is 15.0 Å². The minimum atomic E-state index is -0.158. The minimum absolute atomic E-state index is 0.158. The summed E-state index contributed by atoms with van der Waals surface area (Å²) in [6.45, 7) is 6.82. The number of benzene rings is 1. The average Bonchev–Trinajstić information content (AvgIpc) is 2.63. The number of hydrazine groups is 1. The first-order valence-electron chi connectivity index (χ1n) is 7.92. The lowest BCUT2D eigenvalue weighted by molar-refractivity contribution is 0.0629. The number of hydrogen-bond acceptors (Lipinski definition) is 5. The van der Waals surface area contributed by atoms with E-state index in [1.54, 1.807) is 12.4 Å². The number of hydrogen-bond donors (Lipinski definition) is 1. The van der Waals surface area contributed by atoms with E-state index in [9.17, 15) is 4.79 Å². The monoisotopic (exact) mass is 311 g/mol. The van der Waals surface area contributed by atoms with Crippen molar-refractivity contribution in [2.45, 2.75) is 6.92 Å². The van der Waals surface area contributed by atoms with Gasteiger partial charge in [-0.3, -0.25) is 10.2 Å². The molecule has 1 aliphatic heterocycles. The van der Waals surface area contributed by atoms with Gasteiger partial charge in [0, 0.05) is 44.1 Å². The second-order valence-corrected chi connectivity index (χ2v) is 5.52. The minimum Gasteiger partial charge on any atom is -0.301 e. The number of likely N-dealkylation sites (N-methyl/N-ethyl adjacent to an activating group) is 1. The van der Waals surface area contributed by atoms with Gasteiger partial charge in [-0.05, 0) is 6.54 Å². The summed E-state index contributed by atoms with van der Waals surface area (Å²) in [7, 11) is 0. The molecule has 0 radical (unpaired) electrons. The first-order valence-corrected chi connectivity index (χ1v) is 7.92. The van der Waals surface area contributed by atoms with E-state index < -0.39 is 0 Å². The molecule has 2 heterocycles. The van der Waals surface area contributed by atoms with Crippen LogP contribution in [0.25, 0.3) is 11.4 Å². The van der Waals surface area contributed by atoms with Crippen LogP contribution in [0.2, 0.25) is 0 Å². The predicted octanol–water partition coefficient (Wildman–Crippen LogP) is 1.43. The van der Waals surface area contributed by atoms with Gasteiger partial charge in [-0.1, -0.05) is 37.3 Å². The number of carbonyl (C=O) groups excluding carboxylic acids is 1. The summed E-state index contributed by atoms with van der Waals surface area (Å²) in [6, 6.07) is 9.72. The second-order valence-electron chi connectivity index (χ2n) is 5.52. The fraction of sp³-hybridized carbons (Fsp3) is 0.353. The zero-order chi connectivity index (χ0) is 16.1. The topological polar surface area (TPSA) is 61.4 Å². The van der Waals surface area contributed by atoms with Crippen molar-refractivity contribution in [1.29, 1.82) is 0 Å². The molecule has 0 saturated carbocycles. The van der Waals surface area contributed by atoms with Crippen LogP contribution in [0.4, 0.5) is 0 Å². The molecule has 1 fully saturated rings. The fourth-order valence-electron chi connectivity index (χ4n) is 2.57. The van der Waals surface area contributed by atoms with Crippen molar-refractivity contribution < 1.29 is 4.79 Å². The van der Waals surface area contributed by atoms with Crippen LogP contribution >= 0.6 is 0 Å². The van der Waals surface area contributed by atoms with Gasteiger partial charge in [-0.15, -0.1) is 0 Å². The van der Waals surface area contributed by atoms with Crippen molar-refractivity contribution in [3.05, 3.63) is 48.3 Å². The Morgan fingerprint density at radius 1 is 1.09 bits per heavy atom. The third-order valence-electron chi connectivity index (χ3n) is 4.03. The van der Waals surface area contributed by atoms with E-state index in [4.69, 9.17) is 0 Å². The van der Waals surface area contributed by atoms with Crippen LogP contribution in [0.3, 0.4) is 0 Å². The largest absolute Gasteiger partial charge is 0.301 e. The van der Waals surface area contributed by atoms with E-state index >= 15 is 0 Å².